The number of nitrogens with zero attached hydrogens (tertiary/aromatic N) is 7. The van der Waals surface area contributed by atoms with Crippen molar-refractivity contribution in [1.82, 2.24) is 41.0 Å². The number of hydrogen-bond donors (Lipinski definition) is 8. The third-order valence-corrected chi connectivity index (χ3v) is 17.4. The Morgan fingerprint density at radius 3 is 2.41 bits per heavy atom. The van der Waals surface area contributed by atoms with Gasteiger partial charge in [-0.05, 0) is 106 Å². The van der Waals surface area contributed by atoms with Crippen LogP contribution in [0.15, 0.2) is 77.7 Å². The van der Waals surface area contributed by atoms with Crippen LogP contribution in [0, 0.1) is 30.5 Å². The highest BCUT2D eigenvalue weighted by atomic mass is 32.2. The fraction of sp³-hybridized carbons (Fsp3) is 0.383. The normalized spacial score (nSPS) is 13.8. The number of hydrogen-bond acceptors (Lipinski definition) is 19. The number of carbonyl (C=O) groups excluding carboxylic acids is 6. The minimum atomic E-state index is -4.89. The van der Waals surface area contributed by atoms with Crippen molar-refractivity contribution in [2.75, 3.05) is 75.6 Å². The number of carboxylic acid groups (broad SMARTS) is 1. The number of para-hydroxylation sites is 1. The lowest BCUT2D eigenvalue weighted by Crippen LogP contribution is -2.54. The number of primary amides is 1. The van der Waals surface area contributed by atoms with E-state index < -0.39 is 80.4 Å². The van der Waals surface area contributed by atoms with E-state index in [1.54, 1.807) is 34.0 Å². The first-order chi connectivity index (χ1) is 42.8. The number of aromatic nitrogens is 4. The lowest BCUT2D eigenvalue weighted by Gasteiger charge is -2.28. The molecular formula is C60H69FN13O13S3+. The average molecular weight is 1300 g/mol. The molecule has 0 saturated carbocycles. The lowest BCUT2D eigenvalue weighted by molar-refractivity contribution is -0.896. The Kier molecular flexibility index (Phi) is 22.3. The van der Waals surface area contributed by atoms with Crippen molar-refractivity contribution in [3.63, 3.8) is 0 Å². The van der Waals surface area contributed by atoms with Crippen molar-refractivity contribution in [3.8, 4) is 17.6 Å². The molecule has 0 unspecified atom stereocenters. The number of aromatic carboxylic acids is 1. The number of urea groups is 1. The first-order valence-corrected chi connectivity index (χ1v) is 31.8. The molecule has 3 aromatic heterocycles. The number of quaternary nitrogens is 1. The van der Waals surface area contributed by atoms with E-state index in [4.69, 9.17) is 15.2 Å². The molecule has 0 spiro atoms. The van der Waals surface area contributed by atoms with E-state index in [0.717, 1.165) is 57.3 Å². The van der Waals surface area contributed by atoms with Crippen molar-refractivity contribution >= 4 is 112 Å². The molecule has 8 rings (SSSR count). The summed E-state index contributed by atoms with van der Waals surface area (Å²) in [6.07, 6.45) is 4.40. The maximum atomic E-state index is 15.4. The largest absolute Gasteiger partial charge is 0.491 e. The summed E-state index contributed by atoms with van der Waals surface area (Å²) >= 11 is 2.77. The number of benzene rings is 3. The fourth-order valence-corrected chi connectivity index (χ4v) is 12.5. The number of fused-ring (bicyclic) bond motifs is 2. The van der Waals surface area contributed by atoms with Crippen LogP contribution in [-0.4, -0.2) is 161 Å². The topological polar surface area (TPSA) is 357 Å². The van der Waals surface area contributed by atoms with Crippen LogP contribution in [-0.2, 0) is 58.2 Å². The molecule has 2 aliphatic heterocycles. The third-order valence-electron chi connectivity index (χ3n) is 14.4. The second kappa shape index (κ2) is 30.0. The van der Waals surface area contributed by atoms with Crippen molar-refractivity contribution in [2.24, 2.45) is 11.7 Å². The van der Waals surface area contributed by atoms with E-state index in [9.17, 15) is 51.6 Å². The molecule has 26 nitrogen and oxygen atoms in total. The number of anilines is 5. The zero-order chi connectivity index (χ0) is 64.9. The zero-order valence-electron chi connectivity index (χ0n) is 50.0. The van der Waals surface area contributed by atoms with Crippen LogP contribution in [0.25, 0.3) is 10.2 Å². The molecule has 5 heterocycles. The quantitative estimate of drug-likeness (QED) is 0.00911. The first-order valence-electron chi connectivity index (χ1n) is 28.7. The van der Waals surface area contributed by atoms with Gasteiger partial charge in [-0.25, -0.2) is 23.9 Å². The number of nitrogens with two attached hydrogens (primary N) is 1. The summed E-state index contributed by atoms with van der Waals surface area (Å²) < 4.78 is 63.9. The van der Waals surface area contributed by atoms with E-state index in [0.29, 0.717) is 51.7 Å². The smallest absolute Gasteiger partial charge is 0.355 e. The van der Waals surface area contributed by atoms with Gasteiger partial charge in [0.15, 0.2) is 39.2 Å². The van der Waals surface area contributed by atoms with Crippen molar-refractivity contribution < 1.29 is 70.0 Å². The molecule has 2 aliphatic rings. The molecule has 30 heteroatoms. The molecule has 0 bridgehead atoms. The molecule has 90 heavy (non-hydrogen) atoms. The second-order valence-electron chi connectivity index (χ2n) is 22.2. The van der Waals surface area contributed by atoms with Gasteiger partial charge in [0.25, 0.3) is 21.9 Å². The maximum absolute atomic E-state index is 15.4. The summed E-state index contributed by atoms with van der Waals surface area (Å²) in [5, 5.41) is 34.0. The Morgan fingerprint density at radius 2 is 1.70 bits per heavy atom. The summed E-state index contributed by atoms with van der Waals surface area (Å²) in [5.74, 6) is 1.77. The predicted molar refractivity (Wildman–Crippen MR) is 334 cm³/mol. The SMILES string of the molecule is Cc1c(Nc2nc3ccccc3s2)nnc2c1CCCN2c1nc(C(=O)O)c(CCCOc2ccc(C#CC[N+](C)(C)Cc3ccc(NC(=O)[C@H](CCCNC(N)=O)NC(=O)[C@@H](NC(=O)CCOCCN4C(=O)C=CC4=O)C(C)C)cc3S(=O)(=O)O)cc2F)s1. The molecular weight excluding hydrogens is 1230 g/mol. The Hall–Kier alpha value is -8.99. The lowest BCUT2D eigenvalue weighted by atomic mass is 10.0. The van der Waals surface area contributed by atoms with Gasteiger partial charge in [0.2, 0.25) is 17.7 Å². The van der Waals surface area contributed by atoms with Crippen LogP contribution in [0.3, 0.4) is 0 Å². The van der Waals surface area contributed by atoms with E-state index in [1.165, 1.54) is 46.9 Å². The first kappa shape index (κ1) is 67.0. The number of thiazole rings is 2. The molecule has 0 aliphatic carbocycles. The van der Waals surface area contributed by atoms with Gasteiger partial charge < -0.3 is 56.3 Å². The van der Waals surface area contributed by atoms with Crippen molar-refractivity contribution in [3.05, 3.63) is 111 Å². The molecule has 9 N–H and O–H groups in total. The standard InChI is InChI=1S/C60H68FN13O13S3/c1-35(2)51(67-48(75)24-30-86-31-27-72-49(76)22-23-50(72)77)56(79)65-43(15-8-25-63-58(62)82)55(78)64-39-20-19-38(47(33-39)90(83,84)85)34-74(4,5)28-10-12-37-18-21-44(41(61)32-37)87-29-11-17-46-52(57(80)81)68-60(89-46)73-26-9-13-40-36(3)53(70-71-54(40)73)69-59-66-42-14-6-7-16-45(42)88-59/h6-7,14,16,18-23,32-33,35,43,51H,8-9,11,13,15,17,24-31,34H2,1-5H3,(H8-,62,63,64,65,66,67,69,70,75,78,79,80,81,82,83,84,85)/p+1/t43-,51-/m0/s1. The Bertz CT molecular complexity index is 3870. The average Bonchev–Trinajstić information content (AvgIpc) is 1.40. The Balaban J connectivity index is 0.834. The van der Waals surface area contributed by atoms with Gasteiger partial charge in [-0.3, -0.25) is 33.4 Å². The number of amides is 7. The minimum Gasteiger partial charge on any atom is -0.491 e. The number of nitrogens with one attached hydrogen (secondary N) is 5. The number of halogens is 1. The summed E-state index contributed by atoms with van der Waals surface area (Å²) in [5.41, 5.74) is 8.35. The molecule has 2 atom stereocenters. The minimum absolute atomic E-state index is 0.00944. The van der Waals surface area contributed by atoms with Gasteiger partial charge in [0.1, 0.15) is 30.1 Å². The van der Waals surface area contributed by atoms with Crippen LogP contribution < -0.4 is 42.0 Å². The number of aryl methyl sites for hydroxylation is 1. The second-order valence-corrected chi connectivity index (χ2v) is 25.6. The van der Waals surface area contributed by atoms with Crippen molar-refractivity contribution in [1.29, 1.82) is 0 Å². The van der Waals surface area contributed by atoms with Gasteiger partial charge in [-0.15, -0.1) is 21.5 Å². The number of imide groups is 1. The number of ether oxygens (including phenoxy) is 2. The van der Waals surface area contributed by atoms with Gasteiger partial charge >= 0.3 is 12.0 Å². The van der Waals surface area contributed by atoms with Gasteiger partial charge in [0, 0.05) is 64.5 Å². The molecule has 0 fully saturated rings. The molecule has 0 radical (unpaired) electrons. The van der Waals surface area contributed by atoms with Crippen molar-refractivity contribution in [2.45, 2.75) is 89.2 Å². The number of carboxylic acids is 1. The Labute approximate surface area is 526 Å². The van der Waals surface area contributed by atoms with E-state index >= 15 is 4.39 Å². The zero-order valence-corrected chi connectivity index (χ0v) is 52.4. The highest BCUT2D eigenvalue weighted by Crippen LogP contribution is 2.39. The van der Waals surface area contributed by atoms with Crippen LogP contribution in [0.5, 0.6) is 5.75 Å². The fourth-order valence-electron chi connectivity index (χ4n) is 9.82. The van der Waals surface area contributed by atoms with Crippen LogP contribution in [0.2, 0.25) is 0 Å². The molecule has 476 valence electrons. The van der Waals surface area contributed by atoms with Gasteiger partial charge in [-0.1, -0.05) is 43.2 Å². The molecule has 3 aromatic carbocycles. The van der Waals surface area contributed by atoms with E-state index in [2.05, 4.69) is 58.6 Å². The van der Waals surface area contributed by atoms with E-state index in [1.807, 2.05) is 36.1 Å². The number of rotatable bonds is 29. The summed E-state index contributed by atoms with van der Waals surface area (Å²) in [7, 11) is -1.38. The van der Waals surface area contributed by atoms with E-state index in [-0.39, 0.29) is 92.4 Å². The third kappa shape index (κ3) is 17.9. The van der Waals surface area contributed by atoms with Crippen LogP contribution in [0.4, 0.5) is 36.8 Å². The van der Waals surface area contributed by atoms with Crippen LogP contribution in [0.1, 0.15) is 83.6 Å². The predicted octanol–water partition coefficient (Wildman–Crippen LogP) is 5.75. The summed E-state index contributed by atoms with van der Waals surface area (Å²) in [4.78, 5) is 99.9. The summed E-state index contributed by atoms with van der Waals surface area (Å²) in [6.45, 7) is 6.01. The number of carbonyl (C=O) groups is 7. The highest BCUT2D eigenvalue weighted by Gasteiger charge is 2.32. The Morgan fingerprint density at radius 1 is 0.933 bits per heavy atom. The van der Waals surface area contributed by atoms with Crippen LogP contribution >= 0.6 is 22.7 Å². The summed E-state index contributed by atoms with van der Waals surface area (Å²) in [6, 6.07) is 12.7. The molecule has 6 aromatic rings. The molecule has 0 saturated heterocycles. The van der Waals surface area contributed by atoms with Gasteiger partial charge in [-0.2, -0.15) is 8.42 Å². The highest BCUT2D eigenvalue weighted by molar-refractivity contribution is 7.85. The van der Waals surface area contributed by atoms with Gasteiger partial charge in [0.05, 0.1) is 50.7 Å². The monoisotopic (exact) mass is 1290 g/mol. The molecule has 7 amide bonds. The maximum Gasteiger partial charge on any atom is 0.355 e.